The van der Waals surface area contributed by atoms with Crippen molar-refractivity contribution in [1.29, 1.82) is 0 Å². The van der Waals surface area contributed by atoms with Crippen LogP contribution in [-0.2, 0) is 0 Å². The van der Waals surface area contributed by atoms with Crippen LogP contribution in [0.4, 0.5) is 0 Å². The van der Waals surface area contributed by atoms with Crippen molar-refractivity contribution in [3.05, 3.63) is 0 Å². The SMILES string of the molecule is CCC1CC1N1CCCNC(C(C)(C)C)C1. The van der Waals surface area contributed by atoms with Crippen LogP contribution in [0.1, 0.15) is 47.0 Å². The van der Waals surface area contributed by atoms with Crippen molar-refractivity contribution in [2.75, 3.05) is 19.6 Å². The summed E-state index contributed by atoms with van der Waals surface area (Å²) in [6.45, 7) is 13.2. The summed E-state index contributed by atoms with van der Waals surface area (Å²) >= 11 is 0. The first kappa shape index (κ1) is 12.4. The lowest BCUT2D eigenvalue weighted by atomic mass is 9.86. The molecule has 0 bridgehead atoms. The quantitative estimate of drug-likeness (QED) is 0.775. The monoisotopic (exact) mass is 224 g/mol. The third kappa shape index (κ3) is 2.78. The van der Waals surface area contributed by atoms with Crippen molar-refractivity contribution in [3.63, 3.8) is 0 Å². The molecule has 1 N–H and O–H groups in total. The van der Waals surface area contributed by atoms with Crippen molar-refractivity contribution in [2.45, 2.75) is 59.0 Å². The van der Waals surface area contributed by atoms with E-state index >= 15 is 0 Å². The second-order valence-corrected chi connectivity index (χ2v) is 6.69. The maximum Gasteiger partial charge on any atom is 0.0243 e. The average molecular weight is 224 g/mol. The van der Waals surface area contributed by atoms with Gasteiger partial charge in [0.05, 0.1) is 0 Å². The zero-order chi connectivity index (χ0) is 11.8. The van der Waals surface area contributed by atoms with Gasteiger partial charge in [0.2, 0.25) is 0 Å². The Bertz CT molecular complexity index is 231. The predicted molar refractivity (Wildman–Crippen MR) is 69.6 cm³/mol. The van der Waals surface area contributed by atoms with Gasteiger partial charge in [-0.25, -0.2) is 0 Å². The molecule has 2 rings (SSSR count). The minimum atomic E-state index is 0.388. The van der Waals surface area contributed by atoms with E-state index in [2.05, 4.69) is 37.9 Å². The Labute approximate surface area is 101 Å². The second kappa shape index (κ2) is 4.66. The molecule has 1 aliphatic heterocycles. The van der Waals surface area contributed by atoms with Gasteiger partial charge in [-0.1, -0.05) is 34.1 Å². The van der Waals surface area contributed by atoms with Gasteiger partial charge < -0.3 is 5.32 Å². The third-order valence-corrected chi connectivity index (χ3v) is 4.35. The fourth-order valence-corrected chi connectivity index (χ4v) is 2.95. The summed E-state index contributed by atoms with van der Waals surface area (Å²) in [7, 11) is 0. The standard InChI is InChI=1S/C14H28N2/c1-5-11-9-12(11)16-8-6-7-15-13(10-16)14(2,3)4/h11-13,15H,5-10H2,1-4H3. The topological polar surface area (TPSA) is 15.3 Å². The Kier molecular flexibility index (Phi) is 3.60. The molecule has 0 aromatic carbocycles. The summed E-state index contributed by atoms with van der Waals surface area (Å²) in [6.07, 6.45) is 4.14. The fourth-order valence-electron chi connectivity index (χ4n) is 2.95. The predicted octanol–water partition coefficient (Wildman–Crippen LogP) is 2.49. The Morgan fingerprint density at radius 2 is 2.06 bits per heavy atom. The van der Waals surface area contributed by atoms with E-state index in [0.29, 0.717) is 11.5 Å². The van der Waals surface area contributed by atoms with Gasteiger partial charge in [0.25, 0.3) is 0 Å². The Balaban J connectivity index is 1.94. The number of hydrogen-bond donors (Lipinski definition) is 1. The highest BCUT2D eigenvalue weighted by atomic mass is 15.2. The lowest BCUT2D eigenvalue weighted by Crippen LogP contribution is -2.46. The minimum Gasteiger partial charge on any atom is -0.312 e. The van der Waals surface area contributed by atoms with Crippen LogP contribution in [0.25, 0.3) is 0 Å². The van der Waals surface area contributed by atoms with Crippen molar-refractivity contribution < 1.29 is 0 Å². The van der Waals surface area contributed by atoms with Gasteiger partial charge in [-0.2, -0.15) is 0 Å². The van der Waals surface area contributed by atoms with Gasteiger partial charge in [-0.3, -0.25) is 4.90 Å². The zero-order valence-electron chi connectivity index (χ0n) is 11.4. The molecule has 2 nitrogen and oxygen atoms in total. The second-order valence-electron chi connectivity index (χ2n) is 6.69. The van der Waals surface area contributed by atoms with E-state index in [4.69, 9.17) is 0 Å². The molecule has 0 amide bonds. The van der Waals surface area contributed by atoms with Crippen molar-refractivity contribution >= 4 is 0 Å². The van der Waals surface area contributed by atoms with Gasteiger partial charge in [0.1, 0.15) is 0 Å². The Hall–Kier alpha value is -0.0800. The van der Waals surface area contributed by atoms with E-state index in [0.717, 1.165) is 12.0 Å². The molecule has 1 heterocycles. The average Bonchev–Trinajstić information content (AvgIpc) is 2.99. The summed E-state index contributed by atoms with van der Waals surface area (Å²) in [4.78, 5) is 2.75. The van der Waals surface area contributed by atoms with Gasteiger partial charge in [-0.15, -0.1) is 0 Å². The fraction of sp³-hybridized carbons (Fsp3) is 1.00. The molecule has 1 aliphatic carbocycles. The molecule has 0 aromatic rings. The molecule has 1 saturated carbocycles. The zero-order valence-corrected chi connectivity index (χ0v) is 11.4. The number of nitrogens with one attached hydrogen (secondary N) is 1. The lowest BCUT2D eigenvalue weighted by molar-refractivity contribution is 0.185. The maximum atomic E-state index is 3.73. The summed E-state index contributed by atoms with van der Waals surface area (Å²) in [5.41, 5.74) is 0.388. The smallest absolute Gasteiger partial charge is 0.0243 e. The number of nitrogens with zero attached hydrogens (tertiary/aromatic N) is 1. The van der Waals surface area contributed by atoms with Crippen LogP contribution < -0.4 is 5.32 Å². The summed E-state index contributed by atoms with van der Waals surface area (Å²) in [5.74, 6) is 0.999. The molecule has 3 unspecified atom stereocenters. The molecule has 94 valence electrons. The summed E-state index contributed by atoms with van der Waals surface area (Å²) in [5, 5.41) is 3.73. The van der Waals surface area contributed by atoms with Gasteiger partial charge >= 0.3 is 0 Å². The molecule has 0 spiro atoms. The van der Waals surface area contributed by atoms with Crippen molar-refractivity contribution in [1.82, 2.24) is 10.2 Å². The molecule has 2 aliphatic rings. The highest BCUT2D eigenvalue weighted by molar-refractivity contribution is 4.97. The van der Waals surface area contributed by atoms with Crippen molar-refractivity contribution in [3.8, 4) is 0 Å². The van der Waals surface area contributed by atoms with Crippen LogP contribution in [0.15, 0.2) is 0 Å². The van der Waals surface area contributed by atoms with Gasteiger partial charge in [0, 0.05) is 18.6 Å². The first-order valence-corrected chi connectivity index (χ1v) is 6.99. The highest BCUT2D eigenvalue weighted by Crippen LogP contribution is 2.39. The molecule has 2 heteroatoms. The van der Waals surface area contributed by atoms with Crippen LogP contribution >= 0.6 is 0 Å². The number of hydrogen-bond acceptors (Lipinski definition) is 2. The largest absolute Gasteiger partial charge is 0.312 e. The molecule has 0 radical (unpaired) electrons. The third-order valence-electron chi connectivity index (χ3n) is 4.35. The minimum absolute atomic E-state index is 0.388. The first-order valence-electron chi connectivity index (χ1n) is 6.99. The van der Waals surface area contributed by atoms with Crippen LogP contribution in [0.3, 0.4) is 0 Å². The normalized spacial score (nSPS) is 37.1. The van der Waals surface area contributed by atoms with Crippen LogP contribution in [0.5, 0.6) is 0 Å². The Morgan fingerprint density at radius 1 is 1.31 bits per heavy atom. The molecule has 3 atom stereocenters. The first-order chi connectivity index (χ1) is 7.52. The highest BCUT2D eigenvalue weighted by Gasteiger charge is 2.42. The number of rotatable bonds is 2. The van der Waals surface area contributed by atoms with Gasteiger partial charge in [0.15, 0.2) is 0 Å². The summed E-state index contributed by atoms with van der Waals surface area (Å²) in [6, 6.07) is 1.57. The summed E-state index contributed by atoms with van der Waals surface area (Å²) < 4.78 is 0. The van der Waals surface area contributed by atoms with Crippen molar-refractivity contribution in [2.24, 2.45) is 11.3 Å². The van der Waals surface area contributed by atoms with Crippen LogP contribution in [0, 0.1) is 11.3 Å². The van der Waals surface area contributed by atoms with E-state index in [1.807, 2.05) is 0 Å². The van der Waals surface area contributed by atoms with E-state index < -0.39 is 0 Å². The van der Waals surface area contributed by atoms with E-state index in [9.17, 15) is 0 Å². The van der Waals surface area contributed by atoms with E-state index in [-0.39, 0.29) is 0 Å². The van der Waals surface area contributed by atoms with E-state index in [1.165, 1.54) is 38.9 Å². The molecule has 0 aromatic heterocycles. The van der Waals surface area contributed by atoms with Gasteiger partial charge in [-0.05, 0) is 37.3 Å². The van der Waals surface area contributed by atoms with E-state index in [1.54, 1.807) is 0 Å². The molecule has 1 saturated heterocycles. The van der Waals surface area contributed by atoms with Crippen LogP contribution in [0.2, 0.25) is 0 Å². The molecular weight excluding hydrogens is 196 g/mol. The molecular formula is C14H28N2. The van der Waals surface area contributed by atoms with Crippen LogP contribution in [-0.4, -0.2) is 36.6 Å². The molecule has 2 fully saturated rings. The Morgan fingerprint density at radius 3 is 2.62 bits per heavy atom. The lowest BCUT2D eigenvalue weighted by Gasteiger charge is -2.34. The molecule has 16 heavy (non-hydrogen) atoms. The maximum absolute atomic E-state index is 3.73.